The van der Waals surface area contributed by atoms with Crippen LogP contribution >= 0.6 is 0 Å². The number of fused-ring (bicyclic) bond motifs is 1. The molecule has 1 amide bonds. The van der Waals surface area contributed by atoms with Crippen molar-refractivity contribution in [3.05, 3.63) is 53.9 Å². The first-order valence-corrected chi connectivity index (χ1v) is 7.72. The number of imidazole rings is 1. The summed E-state index contributed by atoms with van der Waals surface area (Å²) in [5, 5.41) is 13.3. The summed E-state index contributed by atoms with van der Waals surface area (Å²) in [6.45, 7) is 2.47. The number of hydrogen-bond donors (Lipinski definition) is 2. The molecular formula is C17H20FN3O2. The van der Waals surface area contributed by atoms with Crippen LogP contribution in [0, 0.1) is 11.7 Å². The van der Waals surface area contributed by atoms with E-state index in [-0.39, 0.29) is 24.2 Å². The van der Waals surface area contributed by atoms with Crippen molar-refractivity contribution in [2.75, 3.05) is 6.54 Å². The highest BCUT2D eigenvalue weighted by molar-refractivity contribution is 5.79. The van der Waals surface area contributed by atoms with Gasteiger partial charge in [-0.1, -0.05) is 12.1 Å². The summed E-state index contributed by atoms with van der Waals surface area (Å²) in [4.78, 5) is 16.6. The number of rotatable bonds is 4. The lowest BCUT2D eigenvalue weighted by Crippen LogP contribution is -2.42. The van der Waals surface area contributed by atoms with Gasteiger partial charge in [-0.05, 0) is 31.0 Å². The molecule has 0 saturated heterocycles. The molecule has 0 aliphatic carbocycles. The summed E-state index contributed by atoms with van der Waals surface area (Å²) in [6.07, 6.45) is 5.03. The van der Waals surface area contributed by atoms with E-state index in [2.05, 4.69) is 14.9 Å². The fraction of sp³-hybridized carbons (Fsp3) is 0.412. The van der Waals surface area contributed by atoms with Gasteiger partial charge in [-0.15, -0.1) is 0 Å². The second kappa shape index (κ2) is 6.12. The topological polar surface area (TPSA) is 67.2 Å². The Morgan fingerprint density at radius 3 is 2.96 bits per heavy atom. The fourth-order valence-corrected chi connectivity index (χ4v) is 2.89. The fourth-order valence-electron chi connectivity index (χ4n) is 2.89. The monoisotopic (exact) mass is 317 g/mol. The molecule has 3 rings (SSSR count). The molecule has 0 radical (unpaired) electrons. The van der Waals surface area contributed by atoms with E-state index in [9.17, 15) is 14.3 Å². The number of hydrogen-bond acceptors (Lipinski definition) is 3. The second-order valence-electron chi connectivity index (χ2n) is 6.23. The van der Waals surface area contributed by atoms with Gasteiger partial charge in [-0.2, -0.15) is 0 Å². The predicted octanol–water partition coefficient (Wildman–Crippen LogP) is 1.61. The summed E-state index contributed by atoms with van der Waals surface area (Å²) >= 11 is 0. The standard InChI is InChI=1S/C17H20FN3O2/c1-17(23,13-2-4-14(18)5-3-13)11-20-16(22)12-6-8-21-9-7-19-15(21)10-12/h2-5,7,9,12,23H,6,8,10-11H2,1H3,(H,20,22). The number of nitrogens with zero attached hydrogens (tertiary/aromatic N) is 2. The number of aryl methyl sites for hydroxylation is 1. The van der Waals surface area contributed by atoms with Gasteiger partial charge in [-0.25, -0.2) is 9.37 Å². The van der Waals surface area contributed by atoms with Crippen LogP contribution in [0.25, 0.3) is 0 Å². The lowest BCUT2D eigenvalue weighted by atomic mass is 9.94. The Morgan fingerprint density at radius 1 is 1.48 bits per heavy atom. The van der Waals surface area contributed by atoms with Gasteiger partial charge in [-0.3, -0.25) is 4.79 Å². The van der Waals surface area contributed by atoms with Crippen LogP contribution in [0.4, 0.5) is 4.39 Å². The minimum atomic E-state index is -1.24. The highest BCUT2D eigenvalue weighted by atomic mass is 19.1. The van der Waals surface area contributed by atoms with Crippen LogP contribution in [0.1, 0.15) is 24.7 Å². The molecule has 1 aliphatic heterocycles. The van der Waals surface area contributed by atoms with Crippen molar-refractivity contribution in [2.24, 2.45) is 5.92 Å². The van der Waals surface area contributed by atoms with Gasteiger partial charge in [0.05, 0.1) is 6.54 Å². The molecule has 6 heteroatoms. The normalized spacial score (nSPS) is 19.7. The van der Waals surface area contributed by atoms with Crippen molar-refractivity contribution >= 4 is 5.91 Å². The van der Waals surface area contributed by atoms with Crippen molar-refractivity contribution in [3.63, 3.8) is 0 Å². The molecule has 0 spiro atoms. The Hall–Kier alpha value is -2.21. The first kappa shape index (κ1) is 15.7. The lowest BCUT2D eigenvalue weighted by molar-refractivity contribution is -0.126. The quantitative estimate of drug-likeness (QED) is 0.900. The molecular weight excluding hydrogens is 297 g/mol. The molecule has 2 N–H and O–H groups in total. The molecule has 2 atom stereocenters. The third-order valence-electron chi connectivity index (χ3n) is 4.39. The molecule has 1 aromatic heterocycles. The Kier molecular flexibility index (Phi) is 4.17. The minimum absolute atomic E-state index is 0.0818. The van der Waals surface area contributed by atoms with Gasteiger partial charge in [0.1, 0.15) is 17.2 Å². The van der Waals surface area contributed by atoms with E-state index in [0.717, 1.165) is 18.8 Å². The van der Waals surface area contributed by atoms with E-state index in [1.165, 1.54) is 24.3 Å². The van der Waals surface area contributed by atoms with Crippen LogP contribution in [0.5, 0.6) is 0 Å². The van der Waals surface area contributed by atoms with Crippen molar-refractivity contribution < 1.29 is 14.3 Å². The summed E-state index contributed by atoms with van der Waals surface area (Å²) < 4.78 is 15.0. The summed E-state index contributed by atoms with van der Waals surface area (Å²) in [6, 6.07) is 5.65. The molecule has 0 bridgehead atoms. The van der Waals surface area contributed by atoms with Crippen molar-refractivity contribution in [3.8, 4) is 0 Å². The maximum absolute atomic E-state index is 13.0. The van der Waals surface area contributed by atoms with E-state index in [1.807, 2.05) is 6.20 Å². The minimum Gasteiger partial charge on any atom is -0.384 e. The number of benzene rings is 1. The Bertz CT molecular complexity index is 694. The maximum Gasteiger partial charge on any atom is 0.223 e. The van der Waals surface area contributed by atoms with E-state index >= 15 is 0 Å². The number of aromatic nitrogens is 2. The van der Waals surface area contributed by atoms with Crippen LogP contribution in [-0.4, -0.2) is 27.1 Å². The van der Waals surface area contributed by atoms with Gasteiger partial charge in [0.25, 0.3) is 0 Å². The first-order chi connectivity index (χ1) is 11.0. The average molecular weight is 317 g/mol. The Labute approximate surface area is 134 Å². The van der Waals surface area contributed by atoms with Crippen LogP contribution < -0.4 is 5.32 Å². The summed E-state index contributed by atoms with van der Waals surface area (Å²) in [5.41, 5.74) is -0.672. The zero-order valence-corrected chi connectivity index (χ0v) is 13.0. The molecule has 23 heavy (non-hydrogen) atoms. The summed E-state index contributed by atoms with van der Waals surface area (Å²) in [5.74, 6) is 0.351. The van der Waals surface area contributed by atoms with Gasteiger partial charge in [0.15, 0.2) is 0 Å². The molecule has 0 saturated carbocycles. The van der Waals surface area contributed by atoms with E-state index < -0.39 is 5.60 Å². The number of nitrogens with one attached hydrogen (secondary N) is 1. The first-order valence-electron chi connectivity index (χ1n) is 7.72. The summed E-state index contributed by atoms with van der Waals surface area (Å²) in [7, 11) is 0. The third-order valence-corrected chi connectivity index (χ3v) is 4.39. The zero-order valence-electron chi connectivity index (χ0n) is 13.0. The van der Waals surface area contributed by atoms with Gasteiger partial charge in [0, 0.05) is 31.3 Å². The molecule has 122 valence electrons. The van der Waals surface area contributed by atoms with Gasteiger partial charge < -0.3 is 15.0 Å². The number of amides is 1. The predicted molar refractivity (Wildman–Crippen MR) is 83.0 cm³/mol. The molecule has 1 aliphatic rings. The third kappa shape index (κ3) is 3.42. The van der Waals surface area contributed by atoms with Gasteiger partial charge in [0.2, 0.25) is 5.91 Å². The largest absolute Gasteiger partial charge is 0.384 e. The number of aliphatic hydroxyl groups is 1. The van der Waals surface area contributed by atoms with E-state index in [4.69, 9.17) is 0 Å². The van der Waals surface area contributed by atoms with Gasteiger partial charge >= 0.3 is 0 Å². The van der Waals surface area contributed by atoms with E-state index in [0.29, 0.717) is 12.0 Å². The molecule has 1 aromatic carbocycles. The van der Waals surface area contributed by atoms with Crippen LogP contribution in [0.3, 0.4) is 0 Å². The molecule has 2 heterocycles. The molecule has 2 aromatic rings. The average Bonchev–Trinajstić information content (AvgIpc) is 3.00. The molecule has 2 unspecified atom stereocenters. The molecule has 5 nitrogen and oxygen atoms in total. The second-order valence-corrected chi connectivity index (χ2v) is 6.23. The van der Waals surface area contributed by atoms with Crippen LogP contribution in [0.2, 0.25) is 0 Å². The van der Waals surface area contributed by atoms with Crippen LogP contribution in [0.15, 0.2) is 36.7 Å². The highest BCUT2D eigenvalue weighted by Gasteiger charge is 2.28. The maximum atomic E-state index is 13.0. The highest BCUT2D eigenvalue weighted by Crippen LogP contribution is 2.22. The Balaban J connectivity index is 1.59. The molecule has 0 fully saturated rings. The van der Waals surface area contributed by atoms with Crippen molar-refractivity contribution in [1.82, 2.24) is 14.9 Å². The number of halogens is 1. The van der Waals surface area contributed by atoms with Crippen molar-refractivity contribution in [1.29, 1.82) is 0 Å². The number of carbonyl (C=O) groups is 1. The van der Waals surface area contributed by atoms with Crippen molar-refractivity contribution in [2.45, 2.75) is 31.9 Å². The smallest absolute Gasteiger partial charge is 0.223 e. The SMILES string of the molecule is CC(O)(CNC(=O)C1CCn2ccnc2C1)c1ccc(F)cc1. The van der Waals surface area contributed by atoms with Crippen LogP contribution in [-0.2, 0) is 23.4 Å². The Morgan fingerprint density at radius 2 is 2.22 bits per heavy atom. The lowest BCUT2D eigenvalue weighted by Gasteiger charge is -2.27. The number of carbonyl (C=O) groups excluding carboxylic acids is 1. The van der Waals surface area contributed by atoms with E-state index in [1.54, 1.807) is 13.1 Å². The zero-order chi connectivity index (χ0) is 16.4.